The van der Waals surface area contributed by atoms with Gasteiger partial charge in [0.1, 0.15) is 0 Å². The zero-order chi connectivity index (χ0) is 15.0. The molecule has 3 rings (SSSR count). The average molecular weight is 394 g/mol. The van der Waals surface area contributed by atoms with Gasteiger partial charge >= 0.3 is 0 Å². The van der Waals surface area contributed by atoms with Crippen molar-refractivity contribution in [2.24, 2.45) is 5.92 Å². The first-order valence-corrected chi connectivity index (χ1v) is 10.4. The Morgan fingerprint density at radius 1 is 1.33 bits per heavy atom. The number of thiazole rings is 1. The molecule has 2 fully saturated rings. The number of aryl methyl sites for hydroxylation is 1. The first-order chi connectivity index (χ1) is 9.95. The van der Waals surface area contributed by atoms with Gasteiger partial charge in [0.25, 0.3) is 10.0 Å². The lowest BCUT2D eigenvalue weighted by atomic mass is 9.97. The van der Waals surface area contributed by atoms with Gasteiger partial charge in [-0.15, -0.1) is 0 Å². The van der Waals surface area contributed by atoms with E-state index in [1.54, 1.807) is 6.92 Å². The SMILES string of the molecule is Cc1nc(S(=O)(=O)NCC2CCN(C3CC3)CC2)sc1Br. The summed E-state index contributed by atoms with van der Waals surface area (Å²) in [5.41, 5.74) is 0.720. The topological polar surface area (TPSA) is 62.3 Å². The molecule has 1 N–H and O–H groups in total. The minimum Gasteiger partial charge on any atom is -0.300 e. The molecule has 1 aliphatic heterocycles. The van der Waals surface area contributed by atoms with Gasteiger partial charge in [0, 0.05) is 12.6 Å². The Kier molecular flexibility index (Phi) is 4.71. The lowest BCUT2D eigenvalue weighted by Gasteiger charge is -2.31. The molecule has 1 aromatic heterocycles. The highest BCUT2D eigenvalue weighted by atomic mass is 79.9. The summed E-state index contributed by atoms with van der Waals surface area (Å²) in [6.07, 6.45) is 4.85. The van der Waals surface area contributed by atoms with Gasteiger partial charge in [-0.05, 0) is 67.5 Å². The zero-order valence-electron chi connectivity index (χ0n) is 12.0. The number of hydrogen-bond donors (Lipinski definition) is 1. The van der Waals surface area contributed by atoms with Crippen molar-refractivity contribution in [2.75, 3.05) is 19.6 Å². The van der Waals surface area contributed by atoms with Gasteiger partial charge in [0.05, 0.1) is 9.48 Å². The Bertz CT molecular complexity index is 585. The van der Waals surface area contributed by atoms with Gasteiger partial charge in [0.2, 0.25) is 4.34 Å². The number of halogens is 1. The Hall–Kier alpha value is -0.0200. The quantitative estimate of drug-likeness (QED) is 0.833. The first-order valence-electron chi connectivity index (χ1n) is 7.32. The fraction of sp³-hybridized carbons (Fsp3) is 0.769. The van der Waals surface area contributed by atoms with E-state index < -0.39 is 10.0 Å². The highest BCUT2D eigenvalue weighted by molar-refractivity contribution is 9.11. The van der Waals surface area contributed by atoms with Crippen molar-refractivity contribution >= 4 is 37.3 Å². The van der Waals surface area contributed by atoms with E-state index in [2.05, 4.69) is 30.5 Å². The highest BCUT2D eigenvalue weighted by Gasteiger charge is 2.32. The molecule has 118 valence electrons. The second-order valence-electron chi connectivity index (χ2n) is 5.90. The van der Waals surface area contributed by atoms with E-state index >= 15 is 0 Å². The van der Waals surface area contributed by atoms with Crippen LogP contribution < -0.4 is 4.72 Å². The molecule has 8 heteroatoms. The van der Waals surface area contributed by atoms with Crippen molar-refractivity contribution in [1.82, 2.24) is 14.6 Å². The summed E-state index contributed by atoms with van der Waals surface area (Å²) in [7, 11) is -3.47. The predicted molar refractivity (Wildman–Crippen MR) is 87.1 cm³/mol. The smallest absolute Gasteiger partial charge is 0.267 e. The number of rotatable bonds is 5. The molecule has 1 saturated heterocycles. The zero-order valence-corrected chi connectivity index (χ0v) is 15.2. The summed E-state index contributed by atoms with van der Waals surface area (Å²) in [5.74, 6) is 0.444. The first kappa shape index (κ1) is 15.9. The fourth-order valence-electron chi connectivity index (χ4n) is 2.72. The molecule has 21 heavy (non-hydrogen) atoms. The number of nitrogens with one attached hydrogen (secondary N) is 1. The van der Waals surface area contributed by atoms with E-state index in [4.69, 9.17) is 0 Å². The largest absolute Gasteiger partial charge is 0.300 e. The molecule has 0 bridgehead atoms. The standard InChI is InChI=1S/C13H20BrN3O2S2/c1-9-12(14)20-13(16-9)21(18,19)15-8-10-4-6-17(7-5-10)11-2-3-11/h10-11,15H,2-8H2,1H3. The van der Waals surface area contributed by atoms with Crippen LogP contribution in [0.4, 0.5) is 0 Å². The Balaban J connectivity index is 1.52. The van der Waals surface area contributed by atoms with Crippen LogP contribution in [0.2, 0.25) is 0 Å². The number of piperidine rings is 1. The van der Waals surface area contributed by atoms with Gasteiger partial charge < -0.3 is 4.90 Å². The molecular formula is C13H20BrN3O2S2. The van der Waals surface area contributed by atoms with E-state index in [0.717, 1.165) is 41.5 Å². The van der Waals surface area contributed by atoms with Crippen LogP contribution in [0.25, 0.3) is 0 Å². The third kappa shape index (κ3) is 3.85. The van der Waals surface area contributed by atoms with E-state index in [9.17, 15) is 8.42 Å². The van der Waals surface area contributed by atoms with Crippen LogP contribution in [0.15, 0.2) is 8.13 Å². The minimum atomic E-state index is -3.47. The molecule has 0 atom stereocenters. The van der Waals surface area contributed by atoms with Gasteiger partial charge in [0.15, 0.2) is 0 Å². The van der Waals surface area contributed by atoms with Crippen LogP contribution in [-0.4, -0.2) is 44.0 Å². The van der Waals surface area contributed by atoms with Crippen LogP contribution in [0.1, 0.15) is 31.4 Å². The van der Waals surface area contributed by atoms with Crippen LogP contribution in [0, 0.1) is 12.8 Å². The lowest BCUT2D eigenvalue weighted by molar-refractivity contribution is 0.177. The average Bonchev–Trinajstić information content (AvgIpc) is 3.24. The monoisotopic (exact) mass is 393 g/mol. The minimum absolute atomic E-state index is 0.155. The van der Waals surface area contributed by atoms with Crippen molar-refractivity contribution in [1.29, 1.82) is 0 Å². The number of nitrogens with zero attached hydrogens (tertiary/aromatic N) is 2. The maximum absolute atomic E-state index is 12.2. The molecule has 0 amide bonds. The van der Waals surface area contributed by atoms with Crippen molar-refractivity contribution < 1.29 is 8.42 Å². The summed E-state index contributed by atoms with van der Waals surface area (Å²) in [6.45, 7) is 4.54. The molecule has 5 nitrogen and oxygen atoms in total. The van der Waals surface area contributed by atoms with Gasteiger partial charge in [-0.2, -0.15) is 0 Å². The van der Waals surface area contributed by atoms with E-state index in [-0.39, 0.29) is 4.34 Å². The van der Waals surface area contributed by atoms with Crippen LogP contribution in [-0.2, 0) is 10.0 Å². The number of hydrogen-bond acceptors (Lipinski definition) is 5. The molecule has 1 saturated carbocycles. The van der Waals surface area contributed by atoms with E-state index in [1.807, 2.05) is 0 Å². The van der Waals surface area contributed by atoms with Crippen molar-refractivity contribution in [3.05, 3.63) is 9.48 Å². The van der Waals surface area contributed by atoms with Crippen LogP contribution >= 0.6 is 27.3 Å². The van der Waals surface area contributed by atoms with Crippen LogP contribution in [0.5, 0.6) is 0 Å². The molecule has 2 heterocycles. The van der Waals surface area contributed by atoms with E-state index in [1.165, 1.54) is 24.2 Å². The second-order valence-corrected chi connectivity index (χ2v) is 10.2. The van der Waals surface area contributed by atoms with Gasteiger partial charge in [-0.25, -0.2) is 18.1 Å². The Morgan fingerprint density at radius 2 is 2.00 bits per heavy atom. The Morgan fingerprint density at radius 3 is 2.52 bits per heavy atom. The Labute approximate surface area is 138 Å². The molecular weight excluding hydrogens is 374 g/mol. The predicted octanol–water partition coefficient (Wildman–Crippen LogP) is 2.37. The maximum atomic E-state index is 12.2. The second kappa shape index (κ2) is 6.23. The third-order valence-corrected chi connectivity index (χ3v) is 8.03. The number of sulfonamides is 1. The highest BCUT2D eigenvalue weighted by Crippen LogP contribution is 2.31. The van der Waals surface area contributed by atoms with Gasteiger partial charge in [-0.1, -0.05) is 11.3 Å². The molecule has 0 spiro atoms. The lowest BCUT2D eigenvalue weighted by Crippen LogP contribution is -2.39. The van der Waals surface area contributed by atoms with Crippen LogP contribution in [0.3, 0.4) is 0 Å². The molecule has 0 unspecified atom stereocenters. The summed E-state index contributed by atoms with van der Waals surface area (Å²) < 4.78 is 28.1. The van der Waals surface area contributed by atoms with Crippen molar-refractivity contribution in [2.45, 2.75) is 43.0 Å². The molecule has 1 aliphatic carbocycles. The number of aromatic nitrogens is 1. The summed E-state index contributed by atoms with van der Waals surface area (Å²) in [4.78, 5) is 6.65. The summed E-state index contributed by atoms with van der Waals surface area (Å²) in [5, 5.41) is 0. The fourth-order valence-corrected chi connectivity index (χ4v) is 5.82. The molecule has 0 aromatic carbocycles. The molecule has 2 aliphatic rings. The molecule has 0 radical (unpaired) electrons. The van der Waals surface area contributed by atoms with E-state index in [0.29, 0.717) is 12.5 Å². The summed E-state index contributed by atoms with van der Waals surface area (Å²) >= 11 is 4.49. The normalized spacial score (nSPS) is 21.8. The summed E-state index contributed by atoms with van der Waals surface area (Å²) in [6, 6.07) is 0.818. The number of likely N-dealkylation sites (tertiary alicyclic amines) is 1. The van der Waals surface area contributed by atoms with Crippen molar-refractivity contribution in [3.63, 3.8) is 0 Å². The van der Waals surface area contributed by atoms with Gasteiger partial charge in [-0.3, -0.25) is 0 Å². The third-order valence-electron chi connectivity index (χ3n) is 4.22. The molecule has 1 aromatic rings. The maximum Gasteiger partial charge on any atom is 0.267 e. The van der Waals surface area contributed by atoms with Crippen molar-refractivity contribution in [3.8, 4) is 0 Å².